The summed E-state index contributed by atoms with van der Waals surface area (Å²) in [5.41, 5.74) is 4.23. The lowest BCUT2D eigenvalue weighted by molar-refractivity contribution is 0.153. The number of aryl methyl sites for hydroxylation is 1. The molecule has 23 heavy (non-hydrogen) atoms. The lowest BCUT2D eigenvalue weighted by atomic mass is 10.0. The molecule has 1 N–H and O–H groups in total. The largest absolute Gasteiger partial charge is 0.314 e. The van der Waals surface area contributed by atoms with Crippen molar-refractivity contribution in [3.05, 3.63) is 65.5 Å². The zero-order valence-corrected chi connectivity index (χ0v) is 14.6. The van der Waals surface area contributed by atoms with Crippen molar-refractivity contribution in [1.82, 2.24) is 15.2 Å². The molecule has 3 rings (SSSR count). The van der Waals surface area contributed by atoms with Crippen molar-refractivity contribution in [1.29, 1.82) is 0 Å². The Labute approximate surface area is 145 Å². The lowest BCUT2D eigenvalue weighted by Crippen LogP contribution is -2.45. The normalized spacial score (nSPS) is 18.4. The predicted molar refractivity (Wildman–Crippen MR) is 97.9 cm³/mol. The number of piperazine rings is 1. The van der Waals surface area contributed by atoms with Crippen LogP contribution in [0.1, 0.15) is 36.1 Å². The molecule has 2 aromatic rings. The van der Waals surface area contributed by atoms with Crippen molar-refractivity contribution in [3.63, 3.8) is 0 Å². The molecule has 1 aromatic carbocycles. The first kappa shape index (κ1) is 17.9. The fourth-order valence-electron chi connectivity index (χ4n) is 3.26. The summed E-state index contributed by atoms with van der Waals surface area (Å²) in [4.78, 5) is 6.72. The second kappa shape index (κ2) is 9.02. The summed E-state index contributed by atoms with van der Waals surface area (Å²) in [7, 11) is 0. The smallest absolute Gasteiger partial charge is 0.0477 e. The van der Waals surface area contributed by atoms with Gasteiger partial charge in [-0.15, -0.1) is 12.4 Å². The number of nitrogens with zero attached hydrogens (tertiary/aromatic N) is 2. The summed E-state index contributed by atoms with van der Waals surface area (Å²) < 4.78 is 0. The van der Waals surface area contributed by atoms with E-state index in [2.05, 4.69) is 58.5 Å². The Kier molecular flexibility index (Phi) is 7.03. The molecule has 0 radical (unpaired) electrons. The quantitative estimate of drug-likeness (QED) is 0.907. The zero-order chi connectivity index (χ0) is 15.2. The number of rotatable bonds is 5. The second-order valence-electron chi connectivity index (χ2n) is 6.04. The van der Waals surface area contributed by atoms with Gasteiger partial charge < -0.3 is 5.32 Å². The van der Waals surface area contributed by atoms with Crippen LogP contribution in [-0.2, 0) is 13.0 Å². The van der Waals surface area contributed by atoms with Crippen LogP contribution in [0, 0.1) is 0 Å². The van der Waals surface area contributed by atoms with Crippen molar-refractivity contribution in [2.75, 3.05) is 19.6 Å². The monoisotopic (exact) mass is 331 g/mol. The molecular weight excluding hydrogens is 306 g/mol. The molecule has 1 unspecified atom stereocenters. The van der Waals surface area contributed by atoms with E-state index in [4.69, 9.17) is 0 Å². The Morgan fingerprint density at radius 1 is 1.17 bits per heavy atom. The average Bonchev–Trinajstić information content (AvgIpc) is 2.57. The van der Waals surface area contributed by atoms with Crippen LogP contribution in [0.15, 0.2) is 48.8 Å². The van der Waals surface area contributed by atoms with Gasteiger partial charge in [0.1, 0.15) is 0 Å². The van der Waals surface area contributed by atoms with E-state index in [0.29, 0.717) is 6.04 Å². The second-order valence-corrected chi connectivity index (χ2v) is 6.04. The van der Waals surface area contributed by atoms with Gasteiger partial charge in [-0.05, 0) is 35.2 Å². The molecule has 1 atom stereocenters. The van der Waals surface area contributed by atoms with Crippen molar-refractivity contribution < 1.29 is 0 Å². The third-order valence-electron chi connectivity index (χ3n) is 4.36. The van der Waals surface area contributed by atoms with Gasteiger partial charge in [0.05, 0.1) is 0 Å². The number of hydrogen-bond acceptors (Lipinski definition) is 3. The van der Waals surface area contributed by atoms with E-state index in [0.717, 1.165) is 26.2 Å². The maximum absolute atomic E-state index is 4.14. The highest BCUT2D eigenvalue weighted by Crippen LogP contribution is 2.24. The van der Waals surface area contributed by atoms with Gasteiger partial charge >= 0.3 is 0 Å². The van der Waals surface area contributed by atoms with E-state index in [-0.39, 0.29) is 12.4 Å². The van der Waals surface area contributed by atoms with Crippen molar-refractivity contribution in [2.45, 2.75) is 32.4 Å². The third-order valence-corrected chi connectivity index (χ3v) is 4.36. The van der Waals surface area contributed by atoms with Gasteiger partial charge in [0.15, 0.2) is 0 Å². The molecule has 0 aliphatic carbocycles. The van der Waals surface area contributed by atoms with Gasteiger partial charge in [0.25, 0.3) is 0 Å². The molecule has 0 spiro atoms. The highest BCUT2D eigenvalue weighted by Gasteiger charge is 2.23. The highest BCUT2D eigenvalue weighted by atomic mass is 35.5. The van der Waals surface area contributed by atoms with Crippen LogP contribution in [0.3, 0.4) is 0 Å². The Morgan fingerprint density at radius 2 is 1.96 bits per heavy atom. The van der Waals surface area contributed by atoms with Gasteiger partial charge in [-0.25, -0.2) is 0 Å². The Morgan fingerprint density at radius 3 is 2.74 bits per heavy atom. The van der Waals surface area contributed by atoms with Crippen LogP contribution < -0.4 is 5.32 Å². The summed E-state index contributed by atoms with van der Waals surface area (Å²) in [6.07, 6.45) is 6.16. The van der Waals surface area contributed by atoms with E-state index >= 15 is 0 Å². The average molecular weight is 332 g/mol. The van der Waals surface area contributed by atoms with Crippen LogP contribution >= 0.6 is 12.4 Å². The molecular formula is C19H26ClN3. The summed E-state index contributed by atoms with van der Waals surface area (Å²) in [6.45, 7) is 6.43. The molecule has 1 aliphatic heterocycles. The first-order valence-corrected chi connectivity index (χ1v) is 8.29. The molecule has 3 nitrogen and oxygen atoms in total. The minimum atomic E-state index is 0. The topological polar surface area (TPSA) is 28.2 Å². The van der Waals surface area contributed by atoms with Crippen LogP contribution in [0.2, 0.25) is 0 Å². The third kappa shape index (κ3) is 4.77. The first-order chi connectivity index (χ1) is 10.9. The molecule has 0 amide bonds. The molecule has 1 fully saturated rings. The van der Waals surface area contributed by atoms with Crippen LogP contribution in [0.5, 0.6) is 0 Å². The lowest BCUT2D eigenvalue weighted by Gasteiger charge is -2.36. The van der Waals surface area contributed by atoms with Gasteiger partial charge in [-0.2, -0.15) is 0 Å². The van der Waals surface area contributed by atoms with E-state index in [1.807, 2.05) is 12.4 Å². The number of hydrogen-bond donors (Lipinski definition) is 1. The molecule has 1 aliphatic rings. The van der Waals surface area contributed by atoms with E-state index in [9.17, 15) is 0 Å². The van der Waals surface area contributed by atoms with Gasteiger partial charge in [-0.1, -0.05) is 37.6 Å². The summed E-state index contributed by atoms with van der Waals surface area (Å²) in [5.74, 6) is 0. The molecule has 1 saturated heterocycles. The van der Waals surface area contributed by atoms with Crippen LogP contribution in [0.4, 0.5) is 0 Å². The van der Waals surface area contributed by atoms with E-state index < -0.39 is 0 Å². The van der Waals surface area contributed by atoms with Crippen molar-refractivity contribution >= 4 is 12.4 Å². The highest BCUT2D eigenvalue weighted by molar-refractivity contribution is 5.85. The summed E-state index contributed by atoms with van der Waals surface area (Å²) in [6, 6.07) is 13.8. The van der Waals surface area contributed by atoms with Gasteiger partial charge in [0.2, 0.25) is 0 Å². The number of halogens is 1. The van der Waals surface area contributed by atoms with Crippen molar-refractivity contribution in [3.8, 4) is 0 Å². The fourth-order valence-corrected chi connectivity index (χ4v) is 3.26. The Hall–Kier alpha value is -1.42. The minimum absolute atomic E-state index is 0. The molecule has 0 bridgehead atoms. The number of pyridine rings is 1. The standard InChI is InChI=1S/C19H25N3.ClH/c1-2-4-16-5-3-6-17(13-16)15-22-12-11-21-14-19(22)18-7-9-20-10-8-18;/h3,5-10,13,19,21H,2,4,11-12,14-15H2,1H3;1H. The molecule has 124 valence electrons. The fraction of sp³-hybridized carbons (Fsp3) is 0.421. The Balaban J connectivity index is 0.00000192. The number of benzene rings is 1. The van der Waals surface area contributed by atoms with E-state index in [1.165, 1.54) is 29.5 Å². The minimum Gasteiger partial charge on any atom is -0.314 e. The van der Waals surface area contributed by atoms with Crippen LogP contribution in [-0.4, -0.2) is 29.5 Å². The molecule has 2 heterocycles. The maximum Gasteiger partial charge on any atom is 0.0477 e. The molecule has 4 heteroatoms. The van der Waals surface area contributed by atoms with E-state index in [1.54, 1.807) is 0 Å². The molecule has 0 saturated carbocycles. The number of aromatic nitrogens is 1. The maximum atomic E-state index is 4.14. The summed E-state index contributed by atoms with van der Waals surface area (Å²) in [5, 5.41) is 3.52. The van der Waals surface area contributed by atoms with Gasteiger partial charge in [0, 0.05) is 44.6 Å². The van der Waals surface area contributed by atoms with Crippen LogP contribution in [0.25, 0.3) is 0 Å². The SMILES string of the molecule is CCCc1cccc(CN2CCNCC2c2ccncc2)c1.Cl. The predicted octanol–water partition coefficient (Wildman–Crippen LogP) is 3.60. The zero-order valence-electron chi connectivity index (χ0n) is 13.7. The molecule has 1 aromatic heterocycles. The summed E-state index contributed by atoms with van der Waals surface area (Å²) >= 11 is 0. The van der Waals surface area contributed by atoms with Crippen molar-refractivity contribution in [2.24, 2.45) is 0 Å². The Bertz CT molecular complexity index is 588. The number of nitrogens with one attached hydrogen (secondary N) is 1. The van der Waals surface area contributed by atoms with Gasteiger partial charge in [-0.3, -0.25) is 9.88 Å². The first-order valence-electron chi connectivity index (χ1n) is 8.29.